The van der Waals surface area contributed by atoms with E-state index in [2.05, 4.69) is 17.1 Å². The largest absolute Gasteiger partial charge is 0.380 e. The highest BCUT2D eigenvalue weighted by Crippen LogP contribution is 2.14. The maximum absolute atomic E-state index is 5.40. The summed E-state index contributed by atoms with van der Waals surface area (Å²) in [7, 11) is 0. The van der Waals surface area contributed by atoms with Crippen LogP contribution >= 0.6 is 0 Å². The van der Waals surface area contributed by atoms with E-state index < -0.39 is 0 Å². The van der Waals surface area contributed by atoms with Crippen molar-refractivity contribution in [3.63, 3.8) is 0 Å². The third-order valence-electron chi connectivity index (χ3n) is 3.82. The lowest BCUT2D eigenvalue weighted by Gasteiger charge is -2.33. The average Bonchev–Trinajstić information content (AvgIpc) is 2.81. The minimum Gasteiger partial charge on any atom is -0.380 e. The van der Waals surface area contributed by atoms with Crippen LogP contribution in [0.15, 0.2) is 0 Å². The maximum Gasteiger partial charge on any atom is 0.0620 e. The minimum absolute atomic E-state index is 0.632. The predicted molar refractivity (Wildman–Crippen MR) is 66.7 cm³/mol. The summed E-state index contributed by atoms with van der Waals surface area (Å²) in [6.07, 6.45) is 6.52. The zero-order valence-electron chi connectivity index (χ0n) is 10.6. The van der Waals surface area contributed by atoms with Crippen LogP contribution in [0.4, 0.5) is 0 Å². The monoisotopic (exact) mass is 226 g/mol. The van der Waals surface area contributed by atoms with Crippen LogP contribution < -0.4 is 5.32 Å². The number of hydrogen-bond acceptors (Lipinski definition) is 3. The van der Waals surface area contributed by atoms with Gasteiger partial charge in [-0.05, 0) is 45.3 Å². The molecule has 0 amide bonds. The molecule has 2 aliphatic rings. The van der Waals surface area contributed by atoms with Crippen molar-refractivity contribution in [1.82, 2.24) is 10.2 Å². The summed E-state index contributed by atoms with van der Waals surface area (Å²) in [5.74, 6) is 0. The smallest absolute Gasteiger partial charge is 0.0620 e. The molecule has 3 heteroatoms. The lowest BCUT2D eigenvalue weighted by atomic mass is 10.0. The van der Waals surface area contributed by atoms with E-state index in [-0.39, 0.29) is 0 Å². The van der Waals surface area contributed by atoms with E-state index in [0.29, 0.717) is 6.04 Å². The Balaban J connectivity index is 1.60. The highest BCUT2D eigenvalue weighted by atomic mass is 16.5. The van der Waals surface area contributed by atoms with Crippen molar-refractivity contribution in [3.8, 4) is 0 Å². The van der Waals surface area contributed by atoms with Crippen LogP contribution in [-0.4, -0.2) is 49.8 Å². The molecule has 0 aliphatic carbocycles. The quantitative estimate of drug-likeness (QED) is 0.771. The van der Waals surface area contributed by atoms with Crippen molar-refractivity contribution in [3.05, 3.63) is 0 Å². The molecule has 3 nitrogen and oxygen atoms in total. The first kappa shape index (κ1) is 12.3. The highest BCUT2D eigenvalue weighted by molar-refractivity contribution is 4.82. The fourth-order valence-electron chi connectivity index (χ4n) is 2.70. The molecule has 0 aromatic rings. The van der Waals surface area contributed by atoms with Gasteiger partial charge in [-0.1, -0.05) is 13.3 Å². The van der Waals surface area contributed by atoms with Gasteiger partial charge in [-0.15, -0.1) is 0 Å². The fourth-order valence-corrected chi connectivity index (χ4v) is 2.70. The minimum atomic E-state index is 0.632. The number of nitrogens with zero attached hydrogens (tertiary/aromatic N) is 1. The number of nitrogens with one attached hydrogen (secondary N) is 1. The first-order valence-corrected chi connectivity index (χ1v) is 6.94. The summed E-state index contributed by atoms with van der Waals surface area (Å²) >= 11 is 0. The summed E-state index contributed by atoms with van der Waals surface area (Å²) in [4.78, 5) is 2.62. The van der Waals surface area contributed by atoms with Gasteiger partial charge in [0.15, 0.2) is 0 Å². The van der Waals surface area contributed by atoms with Gasteiger partial charge in [0.05, 0.1) is 6.61 Å². The Kier molecular flexibility index (Phi) is 5.07. The summed E-state index contributed by atoms with van der Waals surface area (Å²) in [6.45, 7) is 8.02. The molecule has 0 bridgehead atoms. The molecule has 2 rings (SSSR count). The zero-order chi connectivity index (χ0) is 11.2. The van der Waals surface area contributed by atoms with Crippen LogP contribution in [0.2, 0.25) is 0 Å². The molecular weight excluding hydrogens is 200 g/mol. The normalized spacial score (nSPS) is 28.7. The van der Waals surface area contributed by atoms with Crippen molar-refractivity contribution in [2.45, 2.75) is 51.1 Å². The molecule has 0 saturated carbocycles. The van der Waals surface area contributed by atoms with Crippen molar-refractivity contribution < 1.29 is 4.74 Å². The number of piperidine rings is 1. The van der Waals surface area contributed by atoms with Gasteiger partial charge in [0, 0.05) is 18.7 Å². The Bertz CT molecular complexity index is 184. The predicted octanol–water partition coefficient (Wildman–Crippen LogP) is 1.63. The maximum atomic E-state index is 5.40. The first-order chi connectivity index (χ1) is 7.88. The second-order valence-corrected chi connectivity index (χ2v) is 5.20. The van der Waals surface area contributed by atoms with Crippen LogP contribution in [0, 0.1) is 0 Å². The van der Waals surface area contributed by atoms with Crippen LogP contribution in [0.25, 0.3) is 0 Å². The highest BCUT2D eigenvalue weighted by Gasteiger charge is 2.23. The summed E-state index contributed by atoms with van der Waals surface area (Å²) < 4.78 is 5.40. The van der Waals surface area contributed by atoms with Crippen LogP contribution in [-0.2, 0) is 4.74 Å². The zero-order valence-corrected chi connectivity index (χ0v) is 10.6. The van der Waals surface area contributed by atoms with Gasteiger partial charge in [0.2, 0.25) is 0 Å². The Hall–Kier alpha value is -0.120. The van der Waals surface area contributed by atoms with Crippen molar-refractivity contribution in [1.29, 1.82) is 0 Å². The molecule has 0 aromatic carbocycles. The summed E-state index contributed by atoms with van der Waals surface area (Å²) in [6, 6.07) is 1.37. The Labute approximate surface area is 99.5 Å². The fraction of sp³-hybridized carbons (Fsp3) is 1.00. The van der Waals surface area contributed by atoms with Gasteiger partial charge >= 0.3 is 0 Å². The number of hydrogen-bond donors (Lipinski definition) is 1. The van der Waals surface area contributed by atoms with E-state index >= 15 is 0 Å². The van der Waals surface area contributed by atoms with Crippen LogP contribution in [0.3, 0.4) is 0 Å². The van der Waals surface area contributed by atoms with E-state index in [4.69, 9.17) is 4.74 Å². The molecule has 0 aromatic heterocycles. The lowest BCUT2D eigenvalue weighted by Crippen LogP contribution is -2.46. The van der Waals surface area contributed by atoms with Gasteiger partial charge < -0.3 is 15.0 Å². The second kappa shape index (κ2) is 6.58. The number of rotatable bonds is 5. The first-order valence-electron chi connectivity index (χ1n) is 6.94. The molecule has 1 unspecified atom stereocenters. The molecule has 2 aliphatic heterocycles. The molecule has 2 fully saturated rings. The molecule has 2 heterocycles. The molecule has 1 atom stereocenters. The van der Waals surface area contributed by atoms with Crippen molar-refractivity contribution in [2.24, 2.45) is 0 Å². The van der Waals surface area contributed by atoms with Gasteiger partial charge in [-0.2, -0.15) is 0 Å². The van der Waals surface area contributed by atoms with E-state index in [9.17, 15) is 0 Å². The Morgan fingerprint density at radius 1 is 1.19 bits per heavy atom. The number of unbranched alkanes of at least 4 members (excludes halogenated alkanes) is 1. The third-order valence-corrected chi connectivity index (χ3v) is 3.82. The molecule has 94 valence electrons. The standard InChI is InChI=1S/C13H26N2O/c1-2-3-7-15-8-4-12(5-9-15)14-13-6-10-16-11-13/h12-14H,2-11H2,1H3. The second-order valence-electron chi connectivity index (χ2n) is 5.20. The molecule has 1 N–H and O–H groups in total. The van der Waals surface area contributed by atoms with E-state index in [1.54, 1.807) is 0 Å². The number of likely N-dealkylation sites (tertiary alicyclic amines) is 1. The molecule has 2 saturated heterocycles. The molecule has 0 spiro atoms. The lowest BCUT2D eigenvalue weighted by molar-refractivity contribution is 0.170. The Morgan fingerprint density at radius 3 is 2.62 bits per heavy atom. The van der Waals surface area contributed by atoms with Gasteiger partial charge in [-0.25, -0.2) is 0 Å². The third kappa shape index (κ3) is 3.72. The topological polar surface area (TPSA) is 24.5 Å². The molecular formula is C13H26N2O. The van der Waals surface area contributed by atoms with Crippen molar-refractivity contribution in [2.75, 3.05) is 32.8 Å². The molecule has 0 radical (unpaired) electrons. The van der Waals surface area contributed by atoms with Crippen molar-refractivity contribution >= 4 is 0 Å². The van der Waals surface area contributed by atoms with Crippen LogP contribution in [0.5, 0.6) is 0 Å². The van der Waals surface area contributed by atoms with E-state index in [1.807, 2.05) is 0 Å². The Morgan fingerprint density at radius 2 is 2.00 bits per heavy atom. The SMILES string of the molecule is CCCCN1CCC(NC2CCOC2)CC1. The summed E-state index contributed by atoms with van der Waals surface area (Å²) in [5, 5.41) is 3.74. The van der Waals surface area contributed by atoms with Gasteiger partial charge in [0.25, 0.3) is 0 Å². The molecule has 16 heavy (non-hydrogen) atoms. The average molecular weight is 226 g/mol. The summed E-state index contributed by atoms with van der Waals surface area (Å²) in [5.41, 5.74) is 0. The van der Waals surface area contributed by atoms with Gasteiger partial charge in [0.1, 0.15) is 0 Å². The van der Waals surface area contributed by atoms with E-state index in [1.165, 1.54) is 51.7 Å². The van der Waals surface area contributed by atoms with E-state index in [0.717, 1.165) is 19.3 Å². The number of ether oxygens (including phenoxy) is 1. The van der Waals surface area contributed by atoms with Gasteiger partial charge in [-0.3, -0.25) is 0 Å². The van der Waals surface area contributed by atoms with Crippen LogP contribution in [0.1, 0.15) is 39.0 Å².